The van der Waals surface area contributed by atoms with Crippen molar-refractivity contribution in [3.8, 4) is 0 Å². The average molecular weight is 384 g/mol. The zero-order valence-electron chi connectivity index (χ0n) is 15.2. The Morgan fingerprint density at radius 1 is 1.30 bits per heavy atom. The molecule has 1 aromatic carbocycles. The van der Waals surface area contributed by atoms with E-state index in [2.05, 4.69) is 27.9 Å². The van der Waals surface area contributed by atoms with Crippen molar-refractivity contribution in [3.63, 3.8) is 0 Å². The zero-order valence-corrected chi connectivity index (χ0v) is 15.2. The topological polar surface area (TPSA) is 59.0 Å². The quantitative estimate of drug-likeness (QED) is 0.548. The van der Waals surface area contributed by atoms with Gasteiger partial charge in [-0.3, -0.25) is 9.79 Å². The average Bonchev–Trinajstić information content (AvgIpc) is 2.65. The van der Waals surface area contributed by atoms with E-state index in [1.54, 1.807) is 0 Å². The second-order valence-corrected chi connectivity index (χ2v) is 6.67. The first-order valence-electron chi connectivity index (χ1n) is 8.89. The van der Waals surface area contributed by atoms with Crippen LogP contribution in [0.1, 0.15) is 31.7 Å². The lowest BCUT2D eigenvalue weighted by molar-refractivity contribution is -0.189. The number of hydrogen-bond donors (Lipinski definition) is 0. The molecule has 2 aliphatic heterocycles. The van der Waals surface area contributed by atoms with Gasteiger partial charge in [0.05, 0.1) is 5.69 Å². The highest BCUT2D eigenvalue weighted by atomic mass is 19.4. The van der Waals surface area contributed by atoms with Crippen molar-refractivity contribution in [2.24, 2.45) is 10.9 Å². The smallest absolute Gasteiger partial charge is 0.422 e. The number of nitrogens with zero attached hydrogens (tertiary/aromatic N) is 2. The first-order chi connectivity index (χ1) is 12.8. The summed E-state index contributed by atoms with van der Waals surface area (Å²) in [6.45, 7) is 0.978. The van der Waals surface area contributed by atoms with E-state index >= 15 is 0 Å². The molecular weight excluding hydrogens is 361 g/mol. The minimum atomic E-state index is -4.61. The summed E-state index contributed by atoms with van der Waals surface area (Å²) in [5.41, 5.74) is 2.53. The molecule has 1 unspecified atom stereocenters. The Kier molecular flexibility index (Phi) is 7.38. The maximum absolute atomic E-state index is 11.8. The Bertz CT molecular complexity index is 689. The maximum atomic E-state index is 11.8. The predicted octanol–water partition coefficient (Wildman–Crippen LogP) is 3.69. The number of carbonyl (C=O) groups is 2. The number of carbonyl (C=O) groups excluding carboxylic acids is 2. The van der Waals surface area contributed by atoms with Crippen molar-refractivity contribution in [2.45, 2.75) is 38.8 Å². The van der Waals surface area contributed by atoms with Gasteiger partial charge in [0, 0.05) is 19.3 Å². The zero-order chi connectivity index (χ0) is 19.9. The van der Waals surface area contributed by atoms with Gasteiger partial charge in [-0.1, -0.05) is 25.1 Å². The first kappa shape index (κ1) is 20.9. The molecule has 0 aliphatic carbocycles. The highest BCUT2D eigenvalue weighted by Gasteiger charge is 2.33. The van der Waals surface area contributed by atoms with Gasteiger partial charge < -0.3 is 9.64 Å². The number of hydrogen-bond acceptors (Lipinski definition) is 4. The summed E-state index contributed by atoms with van der Waals surface area (Å²) in [6, 6.07) is 8.30. The van der Waals surface area contributed by atoms with Gasteiger partial charge in [0.1, 0.15) is 0 Å². The van der Waals surface area contributed by atoms with Crippen LogP contribution in [0.5, 0.6) is 0 Å². The molecule has 0 radical (unpaired) electrons. The van der Waals surface area contributed by atoms with Gasteiger partial charge in [-0.05, 0) is 43.2 Å². The van der Waals surface area contributed by atoms with Crippen LogP contribution in [0.2, 0.25) is 0 Å². The number of para-hydroxylation sites is 1. The highest BCUT2D eigenvalue weighted by molar-refractivity contribution is 6.32. The minimum Gasteiger partial charge on any atom is -0.449 e. The first-order valence-corrected chi connectivity index (χ1v) is 8.89. The Morgan fingerprint density at radius 3 is 2.70 bits per heavy atom. The lowest BCUT2D eigenvalue weighted by Crippen LogP contribution is -2.44. The van der Waals surface area contributed by atoms with Crippen LogP contribution in [0.25, 0.3) is 0 Å². The molecule has 2 aliphatic rings. The number of likely N-dealkylation sites (tertiary alicyclic amines) is 1. The largest absolute Gasteiger partial charge is 0.449 e. The normalized spacial score (nSPS) is 18.8. The molecule has 1 atom stereocenters. The van der Waals surface area contributed by atoms with E-state index in [0.29, 0.717) is 13.1 Å². The third kappa shape index (κ3) is 7.03. The van der Waals surface area contributed by atoms with E-state index in [-0.39, 0.29) is 5.92 Å². The Morgan fingerprint density at radius 2 is 2.04 bits per heavy atom. The molecule has 0 bridgehead atoms. The van der Waals surface area contributed by atoms with Crippen molar-refractivity contribution in [2.75, 3.05) is 19.7 Å². The highest BCUT2D eigenvalue weighted by Crippen LogP contribution is 2.22. The molecule has 0 N–H and O–H groups in total. The van der Waals surface area contributed by atoms with Crippen LogP contribution in [0.4, 0.5) is 18.9 Å². The number of aliphatic imine (C=N–C) groups is 1. The minimum absolute atomic E-state index is 0.253. The van der Waals surface area contributed by atoms with E-state index in [4.69, 9.17) is 0 Å². The summed E-state index contributed by atoms with van der Waals surface area (Å²) >= 11 is 0. The van der Waals surface area contributed by atoms with Crippen molar-refractivity contribution in [1.82, 2.24) is 4.90 Å². The van der Waals surface area contributed by atoms with Crippen LogP contribution in [0.15, 0.2) is 29.3 Å². The van der Waals surface area contributed by atoms with E-state index in [9.17, 15) is 22.8 Å². The summed E-state index contributed by atoms with van der Waals surface area (Å²) in [6.07, 6.45) is 1.32. The van der Waals surface area contributed by atoms with E-state index in [0.717, 1.165) is 31.4 Å². The van der Waals surface area contributed by atoms with Crippen molar-refractivity contribution in [1.29, 1.82) is 0 Å². The Labute approximate surface area is 156 Å². The fraction of sp³-hybridized carbons (Fsp3) is 0.526. The predicted molar refractivity (Wildman–Crippen MR) is 94.9 cm³/mol. The number of halogens is 3. The van der Waals surface area contributed by atoms with Gasteiger partial charge in [-0.2, -0.15) is 13.2 Å². The second-order valence-electron chi connectivity index (χ2n) is 6.67. The van der Waals surface area contributed by atoms with Gasteiger partial charge in [-0.15, -0.1) is 0 Å². The third-order valence-corrected chi connectivity index (χ3v) is 4.25. The van der Waals surface area contributed by atoms with Crippen LogP contribution < -0.4 is 0 Å². The maximum Gasteiger partial charge on any atom is 0.422 e. The van der Waals surface area contributed by atoms with Gasteiger partial charge in [0.25, 0.3) is 0 Å². The standard InChI is InChI=1S/C10H14F3NO3.C9H9N/c1-7-3-2-4-14(5-7)8(15)9(16)17-6-10(11,12)13;1-2-6-9-8(4-1)5-3-7-10-9/h7H,2-6H2,1H3;1-2,4,6-7H,3,5H2. The van der Waals surface area contributed by atoms with Gasteiger partial charge in [0.15, 0.2) is 6.61 Å². The summed E-state index contributed by atoms with van der Waals surface area (Å²) < 4.78 is 39.2. The SMILES string of the molecule is C1=Nc2ccccc2CC1.CC1CCCN(C(=O)C(=O)OCC(F)(F)F)C1. The van der Waals surface area contributed by atoms with Crippen molar-refractivity contribution >= 4 is 23.8 Å². The molecule has 27 heavy (non-hydrogen) atoms. The molecule has 5 nitrogen and oxygen atoms in total. The van der Waals surface area contributed by atoms with E-state index < -0.39 is 24.7 Å². The Balaban J connectivity index is 0.000000219. The summed E-state index contributed by atoms with van der Waals surface area (Å²) in [4.78, 5) is 28.0. The summed E-state index contributed by atoms with van der Waals surface area (Å²) in [7, 11) is 0. The fourth-order valence-electron chi connectivity index (χ4n) is 2.94. The van der Waals surface area contributed by atoms with Crippen LogP contribution in [-0.4, -0.2) is 48.9 Å². The lowest BCUT2D eigenvalue weighted by Gasteiger charge is -2.29. The molecule has 8 heteroatoms. The van der Waals surface area contributed by atoms with Crippen molar-refractivity contribution in [3.05, 3.63) is 29.8 Å². The summed E-state index contributed by atoms with van der Waals surface area (Å²) in [5, 5.41) is 0. The summed E-state index contributed by atoms with van der Waals surface area (Å²) in [5.74, 6) is -2.17. The fourth-order valence-corrected chi connectivity index (χ4v) is 2.94. The van der Waals surface area contributed by atoms with Crippen LogP contribution in [0, 0.1) is 5.92 Å². The van der Waals surface area contributed by atoms with Crippen molar-refractivity contribution < 1.29 is 27.5 Å². The molecule has 2 heterocycles. The molecule has 148 valence electrons. The van der Waals surface area contributed by atoms with E-state index in [1.165, 1.54) is 10.5 Å². The molecule has 3 rings (SSSR count). The monoisotopic (exact) mass is 384 g/mol. The molecule has 0 spiro atoms. The second kappa shape index (κ2) is 9.53. The molecule has 0 aromatic heterocycles. The third-order valence-electron chi connectivity index (χ3n) is 4.25. The molecule has 1 fully saturated rings. The van der Waals surface area contributed by atoms with Crippen LogP contribution in [0.3, 0.4) is 0 Å². The number of ether oxygens (including phenoxy) is 1. The number of piperidine rings is 1. The number of fused-ring (bicyclic) bond motifs is 1. The van der Waals surface area contributed by atoms with Crippen LogP contribution >= 0.6 is 0 Å². The van der Waals surface area contributed by atoms with Gasteiger partial charge in [0.2, 0.25) is 0 Å². The molecule has 1 amide bonds. The number of rotatable bonds is 1. The number of benzene rings is 1. The number of esters is 1. The number of amides is 1. The molecule has 1 aromatic rings. The number of alkyl halides is 3. The Hall–Kier alpha value is -2.38. The lowest BCUT2D eigenvalue weighted by atomic mass is 10.0. The van der Waals surface area contributed by atoms with Crippen LogP contribution in [-0.2, 0) is 20.7 Å². The molecule has 0 saturated carbocycles. The van der Waals surface area contributed by atoms with Gasteiger partial charge >= 0.3 is 18.1 Å². The number of aryl methyl sites for hydroxylation is 1. The van der Waals surface area contributed by atoms with Gasteiger partial charge in [-0.25, -0.2) is 4.79 Å². The molecular formula is C19H23F3N2O3. The van der Waals surface area contributed by atoms with E-state index in [1.807, 2.05) is 19.2 Å². The molecule has 1 saturated heterocycles.